The van der Waals surface area contributed by atoms with Crippen LogP contribution in [0.2, 0.25) is 0 Å². The average molecular weight is 382 g/mol. The van der Waals surface area contributed by atoms with Crippen molar-refractivity contribution in [1.82, 2.24) is 0 Å². The zero-order valence-corrected chi connectivity index (χ0v) is 16.5. The first-order valence-corrected chi connectivity index (χ1v) is 9.92. The van der Waals surface area contributed by atoms with Crippen LogP contribution >= 0.6 is 11.3 Å². The lowest BCUT2D eigenvalue weighted by Gasteiger charge is -2.20. The number of amides is 1. The van der Waals surface area contributed by atoms with Gasteiger partial charge in [-0.2, -0.15) is 0 Å². The quantitative estimate of drug-likeness (QED) is 0.628. The molecule has 27 heavy (non-hydrogen) atoms. The Morgan fingerprint density at radius 2 is 1.81 bits per heavy atom. The molecule has 140 valence electrons. The van der Waals surface area contributed by atoms with E-state index < -0.39 is 0 Å². The summed E-state index contributed by atoms with van der Waals surface area (Å²) in [5, 5.41) is 5.06. The molecule has 0 aliphatic carbocycles. The fourth-order valence-electron chi connectivity index (χ4n) is 2.69. The molecule has 2 aromatic carbocycles. The number of ether oxygens (including phenoxy) is 1. The third-order valence-corrected chi connectivity index (χ3v) is 5.41. The first-order chi connectivity index (χ1) is 13.1. The van der Waals surface area contributed by atoms with Gasteiger partial charge in [0.2, 0.25) is 0 Å². The van der Waals surface area contributed by atoms with Gasteiger partial charge in [-0.25, -0.2) is 0 Å². The molecule has 5 heteroatoms. The number of benzene rings is 2. The number of carbonyl (C=O) groups is 1. The molecule has 1 unspecified atom stereocenters. The van der Waals surface area contributed by atoms with Crippen molar-refractivity contribution in [3.05, 3.63) is 82.6 Å². The topological polar surface area (TPSA) is 42.8 Å². The Bertz CT molecular complexity index is 833. The lowest BCUT2D eigenvalue weighted by atomic mass is 10.2. The van der Waals surface area contributed by atoms with E-state index in [9.17, 15) is 4.79 Å². The SMILES string of the molecule is C[C@@H](C(=O)Nc1ccc(OCc2ccccc2)cc1)[NH+](C)Cc1cccs1. The van der Waals surface area contributed by atoms with Crippen molar-refractivity contribution in [2.24, 2.45) is 0 Å². The van der Waals surface area contributed by atoms with E-state index in [2.05, 4.69) is 16.8 Å². The zero-order chi connectivity index (χ0) is 19.1. The van der Waals surface area contributed by atoms with E-state index in [1.165, 1.54) is 4.88 Å². The van der Waals surface area contributed by atoms with Gasteiger partial charge in [-0.3, -0.25) is 4.79 Å². The summed E-state index contributed by atoms with van der Waals surface area (Å²) >= 11 is 1.72. The largest absolute Gasteiger partial charge is 0.489 e. The monoisotopic (exact) mass is 381 g/mol. The van der Waals surface area contributed by atoms with Crippen LogP contribution in [0.4, 0.5) is 5.69 Å². The summed E-state index contributed by atoms with van der Waals surface area (Å²) in [5.74, 6) is 0.798. The first kappa shape index (κ1) is 19.1. The molecule has 0 saturated heterocycles. The second-order valence-corrected chi connectivity index (χ2v) is 7.64. The third-order valence-electron chi connectivity index (χ3n) is 4.54. The summed E-state index contributed by atoms with van der Waals surface area (Å²) in [4.78, 5) is 15.0. The number of nitrogens with one attached hydrogen (secondary N) is 2. The summed E-state index contributed by atoms with van der Waals surface area (Å²) in [7, 11) is 2.05. The number of quaternary nitrogens is 1. The Morgan fingerprint density at radius 1 is 1.07 bits per heavy atom. The van der Waals surface area contributed by atoms with Crippen molar-refractivity contribution >= 4 is 22.9 Å². The predicted molar refractivity (Wildman–Crippen MR) is 110 cm³/mol. The zero-order valence-electron chi connectivity index (χ0n) is 15.6. The summed E-state index contributed by atoms with van der Waals surface area (Å²) in [6.45, 7) is 3.33. The van der Waals surface area contributed by atoms with Crippen molar-refractivity contribution in [2.45, 2.75) is 26.1 Å². The lowest BCUT2D eigenvalue weighted by Crippen LogP contribution is -3.12. The van der Waals surface area contributed by atoms with E-state index in [-0.39, 0.29) is 11.9 Å². The van der Waals surface area contributed by atoms with Crippen LogP contribution in [0.5, 0.6) is 5.75 Å². The van der Waals surface area contributed by atoms with E-state index in [0.717, 1.165) is 28.4 Å². The lowest BCUT2D eigenvalue weighted by molar-refractivity contribution is -0.907. The highest BCUT2D eigenvalue weighted by Gasteiger charge is 2.22. The van der Waals surface area contributed by atoms with Gasteiger partial charge < -0.3 is 15.0 Å². The highest BCUT2D eigenvalue weighted by molar-refractivity contribution is 7.09. The molecule has 0 radical (unpaired) electrons. The Morgan fingerprint density at radius 3 is 2.48 bits per heavy atom. The summed E-state index contributed by atoms with van der Waals surface area (Å²) in [6, 6.07) is 21.6. The maximum Gasteiger partial charge on any atom is 0.282 e. The average Bonchev–Trinajstić information content (AvgIpc) is 3.20. The van der Waals surface area contributed by atoms with Crippen molar-refractivity contribution in [3.63, 3.8) is 0 Å². The second kappa shape index (κ2) is 9.35. The summed E-state index contributed by atoms with van der Waals surface area (Å²) in [5.41, 5.74) is 1.91. The Labute approximate surface area is 164 Å². The number of rotatable bonds is 8. The standard InChI is InChI=1S/C22H24N2O2S/c1-17(24(2)15-21-9-6-14-27-21)22(25)23-19-10-12-20(13-11-19)26-16-18-7-4-3-5-8-18/h3-14,17H,15-16H2,1-2H3,(H,23,25)/p+1/t17-/m0/s1. The highest BCUT2D eigenvalue weighted by atomic mass is 32.1. The summed E-state index contributed by atoms with van der Waals surface area (Å²) < 4.78 is 5.78. The number of thiophene rings is 1. The van der Waals surface area contributed by atoms with Crippen molar-refractivity contribution in [3.8, 4) is 5.75 Å². The molecule has 4 nitrogen and oxygen atoms in total. The van der Waals surface area contributed by atoms with E-state index in [4.69, 9.17) is 4.74 Å². The maximum absolute atomic E-state index is 12.5. The van der Waals surface area contributed by atoms with Crippen molar-refractivity contribution in [1.29, 1.82) is 0 Å². The van der Waals surface area contributed by atoms with Gasteiger partial charge in [0.25, 0.3) is 5.91 Å². The van der Waals surface area contributed by atoms with Gasteiger partial charge in [0.1, 0.15) is 18.9 Å². The van der Waals surface area contributed by atoms with Gasteiger partial charge in [0.15, 0.2) is 6.04 Å². The van der Waals surface area contributed by atoms with Crippen LogP contribution in [0.25, 0.3) is 0 Å². The number of hydrogen-bond donors (Lipinski definition) is 2. The second-order valence-electron chi connectivity index (χ2n) is 6.61. The molecule has 0 saturated carbocycles. The number of anilines is 1. The van der Waals surface area contributed by atoms with E-state index in [1.54, 1.807) is 11.3 Å². The molecular formula is C22H25N2O2S+. The van der Waals surface area contributed by atoms with E-state index in [1.807, 2.05) is 74.6 Å². The predicted octanol–water partition coefficient (Wildman–Crippen LogP) is 3.37. The molecule has 3 rings (SSSR count). The molecule has 0 aliphatic heterocycles. The molecule has 1 heterocycles. The van der Waals surface area contributed by atoms with Crippen LogP contribution < -0.4 is 15.0 Å². The smallest absolute Gasteiger partial charge is 0.282 e. The molecule has 2 atom stereocenters. The van der Waals surface area contributed by atoms with Crippen LogP contribution in [0.15, 0.2) is 72.1 Å². The minimum Gasteiger partial charge on any atom is -0.489 e. The fraction of sp³-hybridized carbons (Fsp3) is 0.227. The Hall–Kier alpha value is -2.63. The molecular weight excluding hydrogens is 356 g/mol. The van der Waals surface area contributed by atoms with Gasteiger partial charge >= 0.3 is 0 Å². The van der Waals surface area contributed by atoms with Crippen LogP contribution in [0, 0.1) is 0 Å². The van der Waals surface area contributed by atoms with E-state index in [0.29, 0.717) is 6.61 Å². The van der Waals surface area contributed by atoms with Gasteiger partial charge in [0.05, 0.1) is 11.9 Å². The van der Waals surface area contributed by atoms with E-state index >= 15 is 0 Å². The summed E-state index contributed by atoms with van der Waals surface area (Å²) in [6.07, 6.45) is 0. The highest BCUT2D eigenvalue weighted by Crippen LogP contribution is 2.17. The molecule has 0 fully saturated rings. The van der Waals surface area contributed by atoms with Gasteiger partial charge in [-0.15, -0.1) is 11.3 Å². The minimum atomic E-state index is -0.138. The molecule has 3 aromatic rings. The fourth-order valence-corrected chi connectivity index (χ4v) is 3.49. The molecule has 0 spiro atoms. The maximum atomic E-state index is 12.5. The molecule has 1 amide bonds. The number of carbonyl (C=O) groups excluding carboxylic acids is 1. The normalized spacial score (nSPS) is 13.0. The van der Waals surface area contributed by atoms with Gasteiger partial charge in [-0.1, -0.05) is 36.4 Å². The number of likely N-dealkylation sites (N-methyl/N-ethyl adjacent to an activating group) is 1. The first-order valence-electron chi connectivity index (χ1n) is 9.04. The van der Waals surface area contributed by atoms with Crippen LogP contribution in [0.1, 0.15) is 17.4 Å². The van der Waals surface area contributed by atoms with Gasteiger partial charge in [0, 0.05) is 5.69 Å². The molecule has 2 N–H and O–H groups in total. The minimum absolute atomic E-state index is 0.0158. The molecule has 1 aromatic heterocycles. The van der Waals surface area contributed by atoms with Crippen molar-refractivity contribution in [2.75, 3.05) is 12.4 Å². The van der Waals surface area contributed by atoms with Crippen LogP contribution in [-0.4, -0.2) is 19.0 Å². The Balaban J connectivity index is 1.50. The van der Waals surface area contributed by atoms with Crippen molar-refractivity contribution < 1.29 is 14.4 Å². The Kier molecular flexibility index (Phi) is 6.63. The molecule has 0 aliphatic rings. The van der Waals surface area contributed by atoms with Crippen LogP contribution in [-0.2, 0) is 17.9 Å². The number of hydrogen-bond acceptors (Lipinski definition) is 3. The third kappa shape index (κ3) is 5.67. The van der Waals surface area contributed by atoms with Gasteiger partial charge in [-0.05, 0) is 48.2 Å². The molecule has 0 bridgehead atoms. The van der Waals surface area contributed by atoms with Crippen LogP contribution in [0.3, 0.4) is 0 Å².